The van der Waals surface area contributed by atoms with Crippen molar-refractivity contribution in [3.05, 3.63) is 25.3 Å². The van der Waals surface area contributed by atoms with Gasteiger partial charge in [-0.1, -0.05) is 38.3 Å². The third-order valence-electron chi connectivity index (χ3n) is 9.19. The van der Waals surface area contributed by atoms with E-state index in [4.69, 9.17) is 0 Å². The number of likely N-dealkylation sites (N-methyl/N-ethyl adjacent to an activating group) is 1. The zero-order chi connectivity index (χ0) is 26.3. The van der Waals surface area contributed by atoms with Crippen LogP contribution in [0.15, 0.2) is 25.3 Å². The molecular formula is C28H43N3O4S. The van der Waals surface area contributed by atoms with E-state index < -0.39 is 33.4 Å². The molecule has 1 spiro atoms. The summed E-state index contributed by atoms with van der Waals surface area (Å²) in [5.41, 5.74) is 0. The number of carbonyl (C=O) groups excluding carboxylic acids is 3. The highest BCUT2D eigenvalue weighted by atomic mass is 32.2. The largest absolute Gasteiger partial charge is 0.394 e. The van der Waals surface area contributed by atoms with E-state index in [9.17, 15) is 19.5 Å². The molecule has 7 nitrogen and oxygen atoms in total. The maximum Gasteiger partial charge on any atom is 0.247 e. The van der Waals surface area contributed by atoms with E-state index in [-0.39, 0.29) is 30.4 Å². The molecule has 3 amide bonds. The van der Waals surface area contributed by atoms with Crippen molar-refractivity contribution in [3.63, 3.8) is 0 Å². The Morgan fingerprint density at radius 1 is 1.17 bits per heavy atom. The van der Waals surface area contributed by atoms with Crippen LogP contribution in [-0.4, -0.2) is 91.9 Å². The summed E-state index contributed by atoms with van der Waals surface area (Å²) in [6, 6.07) is -0.984. The van der Waals surface area contributed by atoms with Gasteiger partial charge in [-0.3, -0.25) is 14.4 Å². The number of likely N-dealkylation sites (tertiary alicyclic amines) is 1. The molecule has 1 aliphatic carbocycles. The summed E-state index contributed by atoms with van der Waals surface area (Å²) < 4.78 is -1.05. The minimum atomic E-state index is -0.677. The highest BCUT2D eigenvalue weighted by molar-refractivity contribution is 8.02. The normalized spacial score (nSPS) is 34.4. The van der Waals surface area contributed by atoms with Crippen molar-refractivity contribution in [2.45, 2.75) is 92.8 Å². The lowest BCUT2D eigenvalue weighted by Gasteiger charge is -2.42. The monoisotopic (exact) mass is 517 g/mol. The van der Waals surface area contributed by atoms with Crippen LogP contribution in [0.4, 0.5) is 0 Å². The Balaban J connectivity index is 1.79. The summed E-state index contributed by atoms with van der Waals surface area (Å²) >= 11 is 1.70. The Hall–Kier alpha value is -1.80. The van der Waals surface area contributed by atoms with E-state index in [1.165, 1.54) is 6.42 Å². The van der Waals surface area contributed by atoms with Crippen LogP contribution in [0, 0.1) is 11.8 Å². The van der Waals surface area contributed by atoms with Crippen LogP contribution in [0.25, 0.3) is 0 Å². The van der Waals surface area contributed by atoms with Gasteiger partial charge in [0.2, 0.25) is 17.7 Å². The second-order valence-electron chi connectivity index (χ2n) is 11.3. The lowest BCUT2D eigenvalue weighted by atomic mass is 9.66. The van der Waals surface area contributed by atoms with Gasteiger partial charge in [-0.05, 0) is 39.0 Å². The van der Waals surface area contributed by atoms with Crippen molar-refractivity contribution >= 4 is 29.5 Å². The molecule has 200 valence electrons. The first-order valence-electron chi connectivity index (χ1n) is 13.6. The zero-order valence-corrected chi connectivity index (χ0v) is 23.0. The summed E-state index contributed by atoms with van der Waals surface area (Å²) in [6.07, 6.45) is 10.9. The molecule has 4 aliphatic rings. The first kappa shape index (κ1) is 27.2. The van der Waals surface area contributed by atoms with Crippen LogP contribution in [0.3, 0.4) is 0 Å². The Labute approximate surface area is 220 Å². The molecule has 4 rings (SSSR count). The van der Waals surface area contributed by atoms with E-state index in [2.05, 4.69) is 20.1 Å². The van der Waals surface area contributed by atoms with Gasteiger partial charge in [0, 0.05) is 30.9 Å². The van der Waals surface area contributed by atoms with Crippen molar-refractivity contribution in [2.75, 3.05) is 26.7 Å². The molecule has 0 aromatic heterocycles. The summed E-state index contributed by atoms with van der Waals surface area (Å²) in [5.74, 6) is -1.28. The van der Waals surface area contributed by atoms with Crippen LogP contribution in [0.2, 0.25) is 0 Å². The predicted molar refractivity (Wildman–Crippen MR) is 143 cm³/mol. The number of carbonyl (C=O) groups is 3. The standard InChI is InChI=1S/C28H43N3O4S/c1-6-16-29(5)24(33)21-22-25(34)31(19(8-3)18-32)23(28(22)15-14-27(21,4)36-28)26(35)30(17-7-2)20-12-10-9-11-13-20/h6-7,19-23,32H,1-2,8-18H2,3-5H3/t19-,21+,22-,23?,27-,28?/m0/s1. The number of hydrogen-bond acceptors (Lipinski definition) is 5. The maximum absolute atomic E-state index is 14.6. The van der Waals surface area contributed by atoms with Gasteiger partial charge in [0.05, 0.1) is 29.2 Å². The number of amides is 3. The van der Waals surface area contributed by atoms with E-state index >= 15 is 0 Å². The van der Waals surface area contributed by atoms with E-state index in [1.807, 2.05) is 11.8 Å². The van der Waals surface area contributed by atoms with Crippen LogP contribution >= 0.6 is 11.8 Å². The van der Waals surface area contributed by atoms with Crippen LogP contribution in [0.5, 0.6) is 0 Å². The van der Waals surface area contributed by atoms with Crippen molar-refractivity contribution in [1.29, 1.82) is 0 Å². The van der Waals surface area contributed by atoms with E-state index in [0.29, 0.717) is 19.5 Å². The Morgan fingerprint density at radius 2 is 1.83 bits per heavy atom. The molecule has 36 heavy (non-hydrogen) atoms. The fourth-order valence-electron chi connectivity index (χ4n) is 7.46. The number of rotatable bonds is 10. The first-order valence-corrected chi connectivity index (χ1v) is 14.4. The topological polar surface area (TPSA) is 81.2 Å². The molecule has 2 bridgehead atoms. The number of nitrogens with zero attached hydrogens (tertiary/aromatic N) is 3. The molecule has 4 fully saturated rings. The smallest absolute Gasteiger partial charge is 0.247 e. The van der Waals surface area contributed by atoms with Gasteiger partial charge in [-0.2, -0.15) is 0 Å². The number of aliphatic hydroxyl groups is 1. The molecule has 8 heteroatoms. The third-order valence-corrected chi connectivity index (χ3v) is 11.2. The number of hydrogen-bond donors (Lipinski definition) is 1. The third kappa shape index (κ3) is 4.12. The Kier molecular flexibility index (Phi) is 7.96. The second kappa shape index (κ2) is 10.5. The highest BCUT2D eigenvalue weighted by Gasteiger charge is 2.78. The average molecular weight is 518 g/mol. The summed E-state index contributed by atoms with van der Waals surface area (Å²) in [7, 11) is 1.76. The zero-order valence-electron chi connectivity index (χ0n) is 22.2. The maximum atomic E-state index is 14.6. The summed E-state index contributed by atoms with van der Waals surface area (Å²) in [6.45, 7) is 12.4. The van der Waals surface area contributed by atoms with Gasteiger partial charge in [-0.15, -0.1) is 24.9 Å². The average Bonchev–Trinajstić information content (AvgIpc) is 3.44. The highest BCUT2D eigenvalue weighted by Crippen LogP contribution is 2.72. The molecular weight excluding hydrogens is 474 g/mol. The van der Waals surface area contributed by atoms with Crippen molar-refractivity contribution in [3.8, 4) is 0 Å². The molecule has 1 saturated carbocycles. The molecule has 3 heterocycles. The van der Waals surface area contributed by atoms with Crippen molar-refractivity contribution in [2.24, 2.45) is 11.8 Å². The molecule has 3 aliphatic heterocycles. The molecule has 3 saturated heterocycles. The Morgan fingerprint density at radius 3 is 2.42 bits per heavy atom. The molecule has 2 unspecified atom stereocenters. The minimum Gasteiger partial charge on any atom is -0.394 e. The molecule has 0 radical (unpaired) electrons. The van der Waals surface area contributed by atoms with Crippen LogP contribution in [0.1, 0.15) is 65.2 Å². The quantitative estimate of drug-likeness (QED) is 0.450. The summed E-state index contributed by atoms with van der Waals surface area (Å²) in [5, 5.41) is 10.3. The number of aliphatic hydroxyl groups excluding tert-OH is 1. The Bertz CT molecular complexity index is 901. The molecule has 0 aromatic carbocycles. The SMILES string of the molecule is C=CCN(C)C(=O)[C@H]1[C@H]2C(=O)N([C@@H](CC)CO)C(C(=O)N(CC=C)C3CCCCC3)C23CC[C@]1(C)S3. The molecule has 6 atom stereocenters. The van der Waals surface area contributed by atoms with Gasteiger partial charge in [-0.25, -0.2) is 0 Å². The van der Waals surface area contributed by atoms with Gasteiger partial charge < -0.3 is 19.8 Å². The predicted octanol–water partition coefficient (Wildman–Crippen LogP) is 3.23. The lowest BCUT2D eigenvalue weighted by molar-refractivity contribution is -0.148. The van der Waals surface area contributed by atoms with E-state index in [0.717, 1.165) is 38.5 Å². The molecule has 1 N–H and O–H groups in total. The number of thioether (sulfide) groups is 1. The fourth-order valence-corrected chi connectivity index (χ4v) is 9.79. The van der Waals surface area contributed by atoms with Crippen molar-refractivity contribution in [1.82, 2.24) is 14.7 Å². The number of fused-ring (bicyclic) bond motifs is 1. The second-order valence-corrected chi connectivity index (χ2v) is 13.2. The van der Waals surface area contributed by atoms with Gasteiger partial charge in [0.15, 0.2) is 0 Å². The summed E-state index contributed by atoms with van der Waals surface area (Å²) in [4.78, 5) is 47.8. The lowest BCUT2D eigenvalue weighted by Crippen LogP contribution is -2.59. The van der Waals surface area contributed by atoms with Gasteiger partial charge in [0.1, 0.15) is 6.04 Å². The minimum absolute atomic E-state index is 0.0335. The fraction of sp³-hybridized carbons (Fsp3) is 0.750. The van der Waals surface area contributed by atoms with Gasteiger partial charge in [0.25, 0.3) is 0 Å². The van der Waals surface area contributed by atoms with Gasteiger partial charge >= 0.3 is 0 Å². The van der Waals surface area contributed by atoms with Crippen LogP contribution < -0.4 is 0 Å². The molecule has 0 aromatic rings. The van der Waals surface area contributed by atoms with E-state index in [1.54, 1.807) is 40.8 Å². The van der Waals surface area contributed by atoms with Crippen molar-refractivity contribution < 1.29 is 19.5 Å². The van der Waals surface area contributed by atoms with Crippen LogP contribution in [-0.2, 0) is 14.4 Å². The first-order chi connectivity index (χ1) is 17.2.